The third kappa shape index (κ3) is 8.53. The van der Waals surface area contributed by atoms with E-state index in [0.29, 0.717) is 13.1 Å². The molecule has 1 aromatic rings. The molecule has 9 nitrogen and oxygen atoms in total. The molecule has 9 heteroatoms. The maximum atomic E-state index is 11.8. The fraction of sp³-hybridized carbons (Fsp3) is 0.700. The number of benzene rings is 1. The Morgan fingerprint density at radius 3 is 1.59 bits per heavy atom. The van der Waals surface area contributed by atoms with Crippen molar-refractivity contribution in [3.8, 4) is 0 Å². The van der Waals surface area contributed by atoms with E-state index in [-0.39, 0.29) is 17.1 Å². The highest BCUT2D eigenvalue weighted by molar-refractivity contribution is 5.77. The van der Waals surface area contributed by atoms with Crippen molar-refractivity contribution in [2.45, 2.75) is 78.1 Å². The van der Waals surface area contributed by atoms with Crippen molar-refractivity contribution in [1.82, 2.24) is 11.2 Å². The highest BCUT2D eigenvalue weighted by Gasteiger charge is 2.27. The van der Waals surface area contributed by atoms with Crippen LogP contribution in [0.2, 0.25) is 0 Å². The summed E-state index contributed by atoms with van der Waals surface area (Å²) in [7, 11) is 0. The zero-order chi connectivity index (χ0) is 21.5. The van der Waals surface area contributed by atoms with Crippen molar-refractivity contribution in [2.75, 3.05) is 23.1 Å². The van der Waals surface area contributed by atoms with E-state index in [0.717, 1.165) is 64.2 Å². The number of para-hydroxylation sites is 1. The Morgan fingerprint density at radius 1 is 0.828 bits per heavy atom. The van der Waals surface area contributed by atoms with Gasteiger partial charge in [0.25, 0.3) is 0 Å². The van der Waals surface area contributed by atoms with Gasteiger partial charge in [0, 0.05) is 13.1 Å². The maximum absolute atomic E-state index is 11.8. The monoisotopic (exact) mass is 411 g/mol. The first kappa shape index (κ1) is 25.1. The van der Waals surface area contributed by atoms with E-state index < -0.39 is 4.92 Å². The largest absolute Gasteiger partial charge is 0.318 e. The lowest BCUT2D eigenvalue weighted by atomic mass is 10.1. The minimum absolute atomic E-state index is 0.169. The van der Waals surface area contributed by atoms with Crippen molar-refractivity contribution in [3.63, 3.8) is 0 Å². The first-order valence-electron chi connectivity index (χ1n) is 10.7. The molecule has 0 unspecified atom stereocenters. The van der Waals surface area contributed by atoms with Gasteiger partial charge in [0.15, 0.2) is 0 Å². The van der Waals surface area contributed by atoms with Gasteiger partial charge in [-0.3, -0.25) is 30.5 Å². The van der Waals surface area contributed by atoms with E-state index in [2.05, 4.69) is 25.0 Å². The first-order valence-corrected chi connectivity index (χ1v) is 10.7. The van der Waals surface area contributed by atoms with Gasteiger partial charge >= 0.3 is 5.69 Å². The number of nitrogens with one attached hydrogen (secondary N) is 2. The van der Waals surface area contributed by atoms with Crippen LogP contribution in [0.3, 0.4) is 0 Å². The van der Waals surface area contributed by atoms with Gasteiger partial charge in [-0.25, -0.2) is 0 Å². The molecule has 0 aliphatic heterocycles. The third-order valence-corrected chi connectivity index (χ3v) is 4.97. The van der Waals surface area contributed by atoms with Crippen LogP contribution < -0.4 is 21.2 Å². The zero-order valence-corrected chi connectivity index (χ0v) is 17.8. The average Bonchev–Trinajstić information content (AvgIpc) is 2.73. The SMILES string of the molecule is CCCCCCCN(NO)c1cccc(N(CCCCCCC)NO)c1[N+](=O)[O-]. The summed E-state index contributed by atoms with van der Waals surface area (Å²) >= 11 is 0. The molecule has 0 radical (unpaired) electrons. The Labute approximate surface area is 173 Å². The molecule has 0 atom stereocenters. The van der Waals surface area contributed by atoms with Crippen LogP contribution in [0.15, 0.2) is 18.2 Å². The molecule has 0 fully saturated rings. The summed E-state index contributed by atoms with van der Waals surface area (Å²) in [5.74, 6) is 0. The molecule has 1 rings (SSSR count). The van der Waals surface area contributed by atoms with Crippen LogP contribution >= 0.6 is 0 Å². The number of nitrogens with zero attached hydrogens (tertiary/aromatic N) is 3. The Hall–Kier alpha value is -1.94. The van der Waals surface area contributed by atoms with E-state index in [1.165, 1.54) is 10.0 Å². The molecule has 0 saturated heterocycles. The van der Waals surface area contributed by atoms with E-state index in [1.807, 2.05) is 0 Å². The molecule has 1 aromatic carbocycles. The molecule has 166 valence electrons. The lowest BCUT2D eigenvalue weighted by Gasteiger charge is -2.26. The Balaban J connectivity index is 2.94. The Kier molecular flexibility index (Phi) is 13.0. The minimum Gasteiger partial charge on any atom is -0.297 e. The fourth-order valence-electron chi connectivity index (χ4n) is 3.34. The molecular weight excluding hydrogens is 374 g/mol. The quantitative estimate of drug-likeness (QED) is 0.162. The second-order valence-electron chi connectivity index (χ2n) is 7.23. The predicted molar refractivity (Wildman–Crippen MR) is 115 cm³/mol. The third-order valence-electron chi connectivity index (χ3n) is 4.97. The van der Waals surface area contributed by atoms with Crippen LogP contribution in [-0.2, 0) is 0 Å². The first-order chi connectivity index (χ1) is 14.1. The molecule has 0 aromatic heterocycles. The van der Waals surface area contributed by atoms with Gasteiger partial charge < -0.3 is 0 Å². The smallest absolute Gasteiger partial charge is 0.297 e. The zero-order valence-electron chi connectivity index (χ0n) is 17.8. The average molecular weight is 412 g/mol. The number of nitro groups is 1. The van der Waals surface area contributed by atoms with Crippen LogP contribution in [0, 0.1) is 10.1 Å². The van der Waals surface area contributed by atoms with Gasteiger partial charge in [0.05, 0.1) is 4.92 Å². The molecule has 0 saturated carbocycles. The summed E-state index contributed by atoms with van der Waals surface area (Å²) < 4.78 is 0. The Morgan fingerprint density at radius 2 is 1.24 bits per heavy atom. The van der Waals surface area contributed by atoms with Crippen LogP contribution in [0.4, 0.5) is 17.1 Å². The van der Waals surface area contributed by atoms with Crippen molar-refractivity contribution < 1.29 is 15.3 Å². The van der Waals surface area contributed by atoms with Crippen molar-refractivity contribution in [2.24, 2.45) is 0 Å². The molecule has 0 bridgehead atoms. The summed E-state index contributed by atoms with van der Waals surface area (Å²) in [6.07, 6.45) is 10.3. The topological polar surface area (TPSA) is 114 Å². The maximum Gasteiger partial charge on any atom is 0.318 e. The lowest BCUT2D eigenvalue weighted by molar-refractivity contribution is -0.383. The number of hydrogen-bond acceptors (Lipinski definition) is 8. The number of nitro benzene ring substituents is 1. The van der Waals surface area contributed by atoms with Gasteiger partial charge in [0.1, 0.15) is 11.4 Å². The summed E-state index contributed by atoms with van der Waals surface area (Å²) in [4.78, 5) is 11.4. The van der Waals surface area contributed by atoms with Crippen molar-refractivity contribution >= 4 is 17.1 Å². The van der Waals surface area contributed by atoms with Gasteiger partial charge in [-0.15, -0.1) is 11.2 Å². The van der Waals surface area contributed by atoms with Gasteiger partial charge in [-0.05, 0) is 25.0 Å². The van der Waals surface area contributed by atoms with E-state index >= 15 is 0 Å². The minimum atomic E-state index is -0.479. The fourth-order valence-corrected chi connectivity index (χ4v) is 3.34. The molecular formula is C20H37N5O4. The van der Waals surface area contributed by atoms with Crippen LogP contribution in [0.25, 0.3) is 0 Å². The van der Waals surface area contributed by atoms with Gasteiger partial charge in [-0.1, -0.05) is 71.3 Å². The van der Waals surface area contributed by atoms with Crippen LogP contribution in [0.1, 0.15) is 78.1 Å². The highest BCUT2D eigenvalue weighted by Crippen LogP contribution is 2.37. The molecule has 0 aliphatic carbocycles. The van der Waals surface area contributed by atoms with Gasteiger partial charge in [-0.2, -0.15) is 0 Å². The second kappa shape index (κ2) is 15.0. The summed E-state index contributed by atoms with van der Waals surface area (Å²) in [6, 6.07) is 4.86. The summed E-state index contributed by atoms with van der Waals surface area (Å²) in [6.45, 7) is 5.16. The second-order valence-corrected chi connectivity index (χ2v) is 7.23. The Bertz CT molecular complexity index is 548. The van der Waals surface area contributed by atoms with Gasteiger partial charge in [0.2, 0.25) is 0 Å². The molecule has 4 N–H and O–H groups in total. The highest BCUT2D eigenvalue weighted by atomic mass is 16.6. The van der Waals surface area contributed by atoms with Crippen molar-refractivity contribution in [1.29, 1.82) is 0 Å². The molecule has 0 spiro atoms. The van der Waals surface area contributed by atoms with E-state index in [9.17, 15) is 20.5 Å². The lowest BCUT2D eigenvalue weighted by Crippen LogP contribution is -2.39. The van der Waals surface area contributed by atoms with E-state index in [4.69, 9.17) is 0 Å². The molecule has 0 amide bonds. The number of unbranched alkanes of at least 4 members (excludes halogenated alkanes) is 8. The molecule has 29 heavy (non-hydrogen) atoms. The number of rotatable bonds is 17. The standard InChI is InChI=1S/C20H37N5O4/c1-3-5-7-9-11-16-23(21-26)18-14-13-15-19(20(18)25(28)29)24(22-27)17-12-10-8-6-4-2/h13-15,21-22,26-27H,3-12,16-17H2,1-2H3. The van der Waals surface area contributed by atoms with E-state index in [1.54, 1.807) is 18.2 Å². The molecule has 0 aliphatic rings. The normalized spacial score (nSPS) is 10.9. The van der Waals surface area contributed by atoms with Crippen LogP contribution in [0.5, 0.6) is 0 Å². The van der Waals surface area contributed by atoms with Crippen LogP contribution in [-0.4, -0.2) is 28.4 Å². The number of hydrazine groups is 2. The summed E-state index contributed by atoms with van der Waals surface area (Å²) in [5, 5.41) is 33.8. The number of hydrogen-bond donors (Lipinski definition) is 4. The number of anilines is 2. The van der Waals surface area contributed by atoms with Crippen molar-refractivity contribution in [3.05, 3.63) is 28.3 Å². The summed E-state index contributed by atoms with van der Waals surface area (Å²) in [5.41, 5.74) is 4.52. The predicted octanol–water partition coefficient (Wildman–Crippen LogP) is 4.94. The molecule has 0 heterocycles.